The summed E-state index contributed by atoms with van der Waals surface area (Å²) in [7, 11) is 1.56. The molecular formula is C25H35N5O4. The van der Waals surface area contributed by atoms with Gasteiger partial charge < -0.3 is 15.5 Å². The molecule has 34 heavy (non-hydrogen) atoms. The average Bonchev–Trinajstić information content (AvgIpc) is 3.22. The number of carbonyl (C=O) groups excluding carboxylic acids is 2. The van der Waals surface area contributed by atoms with Gasteiger partial charge in [-0.05, 0) is 54.4 Å². The van der Waals surface area contributed by atoms with Crippen LogP contribution in [0.25, 0.3) is 0 Å². The van der Waals surface area contributed by atoms with Crippen LogP contribution in [0, 0.1) is 11.8 Å². The summed E-state index contributed by atoms with van der Waals surface area (Å²) in [5.74, 6) is -0.643. The molecule has 1 aliphatic carbocycles. The van der Waals surface area contributed by atoms with Crippen LogP contribution >= 0.6 is 0 Å². The fourth-order valence-corrected chi connectivity index (χ4v) is 4.35. The largest absolute Gasteiger partial charge is 0.383 e. The van der Waals surface area contributed by atoms with Gasteiger partial charge in [0.25, 0.3) is 11.5 Å². The first-order valence-electron chi connectivity index (χ1n) is 11.8. The second-order valence-corrected chi connectivity index (χ2v) is 9.89. The van der Waals surface area contributed by atoms with E-state index >= 15 is 0 Å². The van der Waals surface area contributed by atoms with Crippen LogP contribution in [0.1, 0.15) is 55.6 Å². The molecule has 1 aromatic heterocycles. The molecule has 0 saturated heterocycles. The molecule has 1 aliphatic rings. The highest BCUT2D eigenvalue weighted by molar-refractivity contribution is 6.01. The number of fused-ring (bicyclic) bond motifs is 1. The van der Waals surface area contributed by atoms with Crippen molar-refractivity contribution in [3.05, 3.63) is 55.7 Å². The zero-order valence-electron chi connectivity index (χ0n) is 20.7. The van der Waals surface area contributed by atoms with Gasteiger partial charge in [0.15, 0.2) is 5.69 Å². The Morgan fingerprint density at radius 1 is 1.09 bits per heavy atom. The van der Waals surface area contributed by atoms with E-state index in [-0.39, 0.29) is 42.3 Å². The number of anilines is 2. The number of aromatic amines is 1. The smallest absolute Gasteiger partial charge is 0.330 e. The predicted octanol–water partition coefficient (Wildman–Crippen LogP) is 2.02. The van der Waals surface area contributed by atoms with Crippen LogP contribution in [0.5, 0.6) is 0 Å². The minimum Gasteiger partial charge on any atom is -0.383 e. The summed E-state index contributed by atoms with van der Waals surface area (Å²) in [6.07, 6.45) is 3.06. The van der Waals surface area contributed by atoms with Gasteiger partial charge in [-0.3, -0.25) is 23.9 Å². The second-order valence-electron chi connectivity index (χ2n) is 9.89. The molecule has 3 rings (SSSR count). The minimum absolute atomic E-state index is 0.0194. The van der Waals surface area contributed by atoms with E-state index in [0.29, 0.717) is 12.1 Å². The maximum absolute atomic E-state index is 13.4. The molecule has 9 nitrogen and oxygen atoms in total. The van der Waals surface area contributed by atoms with Crippen LogP contribution in [-0.2, 0) is 24.2 Å². The SMILES string of the molecule is CC(C)CN(C(=O)CN(C)C(=O)c1ccc2c(c1)CCC2)c1c(N)n(CC(C)C)c(=O)[nH]c1=O. The van der Waals surface area contributed by atoms with Crippen molar-refractivity contribution < 1.29 is 9.59 Å². The Hall–Kier alpha value is -3.36. The van der Waals surface area contributed by atoms with Gasteiger partial charge in [0.2, 0.25) is 5.91 Å². The van der Waals surface area contributed by atoms with Crippen LogP contribution in [-0.4, -0.2) is 46.4 Å². The first-order valence-corrected chi connectivity index (χ1v) is 11.8. The molecule has 184 valence electrons. The summed E-state index contributed by atoms with van der Waals surface area (Å²) in [4.78, 5) is 56.4. The first-order chi connectivity index (χ1) is 16.0. The summed E-state index contributed by atoms with van der Waals surface area (Å²) in [5.41, 5.74) is 7.85. The Balaban J connectivity index is 1.90. The maximum Gasteiger partial charge on any atom is 0.330 e. The Bertz CT molecular complexity index is 1190. The normalized spacial score (nSPS) is 12.8. The predicted molar refractivity (Wildman–Crippen MR) is 133 cm³/mol. The third kappa shape index (κ3) is 5.40. The Morgan fingerprint density at radius 3 is 2.41 bits per heavy atom. The average molecular weight is 470 g/mol. The highest BCUT2D eigenvalue weighted by Gasteiger charge is 2.27. The van der Waals surface area contributed by atoms with Crippen LogP contribution < -0.4 is 21.9 Å². The molecular weight excluding hydrogens is 434 g/mol. The van der Waals surface area contributed by atoms with Crippen molar-refractivity contribution in [3.8, 4) is 0 Å². The summed E-state index contributed by atoms with van der Waals surface area (Å²) in [5, 5.41) is 0. The number of H-pyrrole nitrogens is 1. The summed E-state index contributed by atoms with van der Waals surface area (Å²) in [6.45, 7) is 7.95. The van der Waals surface area contributed by atoms with Gasteiger partial charge in [-0.2, -0.15) is 0 Å². The van der Waals surface area contributed by atoms with Gasteiger partial charge in [0.1, 0.15) is 12.4 Å². The number of amides is 2. The van der Waals surface area contributed by atoms with E-state index in [1.54, 1.807) is 13.1 Å². The minimum atomic E-state index is -0.718. The number of carbonyl (C=O) groups is 2. The van der Waals surface area contributed by atoms with Gasteiger partial charge >= 0.3 is 5.69 Å². The highest BCUT2D eigenvalue weighted by atomic mass is 16.2. The van der Waals surface area contributed by atoms with Crippen molar-refractivity contribution in [1.82, 2.24) is 14.5 Å². The highest BCUT2D eigenvalue weighted by Crippen LogP contribution is 2.24. The number of rotatable bonds is 8. The summed E-state index contributed by atoms with van der Waals surface area (Å²) < 4.78 is 1.28. The molecule has 3 N–H and O–H groups in total. The third-order valence-corrected chi connectivity index (χ3v) is 5.95. The number of aromatic nitrogens is 2. The standard InChI is InChI=1S/C25H35N5O4/c1-15(2)12-29(21-22(26)30(13-16(3)4)25(34)27-23(21)32)20(31)14-28(5)24(33)19-10-9-17-7-6-8-18(17)11-19/h9-11,15-16H,6-8,12-14,26H2,1-5H3,(H,27,32,34). The molecule has 1 aromatic carbocycles. The van der Waals surface area contributed by atoms with Crippen LogP contribution in [0.15, 0.2) is 27.8 Å². The molecule has 2 aromatic rings. The molecule has 0 unspecified atom stereocenters. The number of nitrogen functional groups attached to an aromatic ring is 1. The summed E-state index contributed by atoms with van der Waals surface area (Å²) in [6, 6.07) is 5.68. The van der Waals surface area contributed by atoms with E-state index in [4.69, 9.17) is 5.73 Å². The fraction of sp³-hybridized carbons (Fsp3) is 0.520. The number of hydrogen-bond acceptors (Lipinski definition) is 5. The lowest BCUT2D eigenvalue weighted by Gasteiger charge is -2.28. The number of hydrogen-bond donors (Lipinski definition) is 2. The molecule has 0 atom stereocenters. The van der Waals surface area contributed by atoms with Crippen LogP contribution in [0.2, 0.25) is 0 Å². The molecule has 0 radical (unpaired) electrons. The van der Waals surface area contributed by atoms with Crippen LogP contribution in [0.4, 0.5) is 11.5 Å². The van der Waals surface area contributed by atoms with E-state index < -0.39 is 17.2 Å². The number of likely N-dealkylation sites (N-methyl/N-ethyl adjacent to an activating group) is 1. The number of nitrogens with one attached hydrogen (secondary N) is 1. The molecule has 2 amide bonds. The lowest BCUT2D eigenvalue weighted by molar-refractivity contribution is -0.119. The van der Waals surface area contributed by atoms with E-state index in [0.717, 1.165) is 19.3 Å². The topological polar surface area (TPSA) is 121 Å². The van der Waals surface area contributed by atoms with E-state index in [2.05, 4.69) is 4.98 Å². The summed E-state index contributed by atoms with van der Waals surface area (Å²) >= 11 is 0. The Labute approximate surface area is 199 Å². The molecule has 0 fully saturated rings. The number of nitrogens with zero attached hydrogens (tertiary/aromatic N) is 3. The van der Waals surface area contributed by atoms with E-state index in [1.165, 1.54) is 25.5 Å². The number of aryl methyl sites for hydroxylation is 2. The zero-order valence-corrected chi connectivity index (χ0v) is 20.7. The first kappa shape index (κ1) is 25.3. The number of benzene rings is 1. The van der Waals surface area contributed by atoms with Crippen LogP contribution in [0.3, 0.4) is 0 Å². The van der Waals surface area contributed by atoms with Crippen molar-refractivity contribution in [2.45, 2.75) is 53.5 Å². The molecule has 0 spiro atoms. The van der Waals surface area contributed by atoms with Gasteiger partial charge in [0, 0.05) is 25.7 Å². The molecule has 0 saturated carbocycles. The quantitative estimate of drug-likeness (QED) is 0.613. The van der Waals surface area contributed by atoms with Crippen molar-refractivity contribution >= 4 is 23.3 Å². The molecule has 9 heteroatoms. The Kier molecular flexibility index (Phi) is 7.64. The third-order valence-electron chi connectivity index (χ3n) is 5.95. The molecule has 1 heterocycles. The van der Waals surface area contributed by atoms with Crippen molar-refractivity contribution in [3.63, 3.8) is 0 Å². The second kappa shape index (κ2) is 10.3. The van der Waals surface area contributed by atoms with Gasteiger partial charge in [-0.1, -0.05) is 33.8 Å². The maximum atomic E-state index is 13.4. The van der Waals surface area contributed by atoms with Gasteiger partial charge in [0.05, 0.1) is 0 Å². The monoisotopic (exact) mass is 469 g/mol. The molecule has 0 bridgehead atoms. The van der Waals surface area contributed by atoms with E-state index in [9.17, 15) is 19.2 Å². The Morgan fingerprint density at radius 2 is 1.76 bits per heavy atom. The van der Waals surface area contributed by atoms with Crippen molar-refractivity contribution in [2.24, 2.45) is 11.8 Å². The van der Waals surface area contributed by atoms with Gasteiger partial charge in [-0.15, -0.1) is 0 Å². The van der Waals surface area contributed by atoms with Crippen molar-refractivity contribution in [2.75, 3.05) is 30.8 Å². The fourth-order valence-electron chi connectivity index (χ4n) is 4.35. The molecule has 0 aliphatic heterocycles. The number of nitrogens with two attached hydrogens (primary N) is 1. The lowest BCUT2D eigenvalue weighted by Crippen LogP contribution is -2.47. The van der Waals surface area contributed by atoms with E-state index in [1.807, 2.05) is 39.8 Å². The van der Waals surface area contributed by atoms with Crippen molar-refractivity contribution in [1.29, 1.82) is 0 Å². The van der Waals surface area contributed by atoms with Gasteiger partial charge in [-0.25, -0.2) is 4.79 Å². The lowest BCUT2D eigenvalue weighted by atomic mass is 10.1. The zero-order chi connectivity index (χ0) is 25.2.